The van der Waals surface area contributed by atoms with Gasteiger partial charge in [-0.25, -0.2) is 0 Å². The van der Waals surface area contributed by atoms with E-state index in [0.717, 1.165) is 16.9 Å². The van der Waals surface area contributed by atoms with Crippen LogP contribution in [0.5, 0.6) is 11.5 Å². The lowest BCUT2D eigenvalue weighted by molar-refractivity contribution is -0.133. The molecule has 0 amide bonds. The van der Waals surface area contributed by atoms with E-state index in [0.29, 0.717) is 42.9 Å². The Morgan fingerprint density at radius 2 is 1.27 bits per heavy atom. The molecule has 0 heterocycles. The van der Waals surface area contributed by atoms with Crippen molar-refractivity contribution in [3.63, 3.8) is 0 Å². The highest BCUT2D eigenvalue weighted by Gasteiger charge is 2.16. The lowest BCUT2D eigenvalue weighted by atomic mass is 10.0. The smallest absolute Gasteiger partial charge is 0.193 e. The highest BCUT2D eigenvalue weighted by Crippen LogP contribution is 2.17. The maximum absolute atomic E-state index is 12.5. The summed E-state index contributed by atoms with van der Waals surface area (Å²) in [6, 6.07) is 22.1. The van der Waals surface area contributed by atoms with E-state index >= 15 is 0 Å². The molecule has 0 unspecified atom stereocenters. The molecule has 33 heavy (non-hydrogen) atoms. The topological polar surface area (TPSA) is 85.2 Å². The summed E-state index contributed by atoms with van der Waals surface area (Å²) in [7, 11) is 1.45. The van der Waals surface area contributed by atoms with Crippen molar-refractivity contribution in [2.75, 3.05) is 20.3 Å². The molecule has 0 aliphatic rings. The first-order valence-corrected chi connectivity index (χ1v) is 10.9. The maximum Gasteiger partial charge on any atom is 0.193 e. The fourth-order valence-electron chi connectivity index (χ4n) is 3.28. The molecule has 3 aromatic carbocycles. The van der Waals surface area contributed by atoms with Gasteiger partial charge < -0.3 is 24.4 Å². The number of carbonyl (C=O) groups excluding carboxylic acids is 1. The number of aliphatic hydroxyl groups excluding tert-OH is 1. The van der Waals surface area contributed by atoms with E-state index in [1.807, 2.05) is 55.5 Å². The Morgan fingerprint density at radius 1 is 0.788 bits per heavy atom. The Morgan fingerprint density at radius 3 is 1.76 bits per heavy atom. The maximum atomic E-state index is 12.5. The molecule has 0 aliphatic carbocycles. The van der Waals surface area contributed by atoms with Crippen molar-refractivity contribution in [3.8, 4) is 11.5 Å². The first-order chi connectivity index (χ1) is 16.0. The normalized spacial score (nSPS) is 11.9. The molecule has 174 valence electrons. The zero-order valence-corrected chi connectivity index (χ0v) is 18.9. The van der Waals surface area contributed by atoms with Gasteiger partial charge in [-0.3, -0.25) is 4.79 Å². The molecule has 0 aliphatic heterocycles. The van der Waals surface area contributed by atoms with Crippen molar-refractivity contribution >= 4 is 5.78 Å². The van der Waals surface area contributed by atoms with Crippen LogP contribution in [-0.4, -0.2) is 48.7 Å². The molecular weight excluding hydrogens is 420 g/mol. The number of hydrogen-bond donors (Lipinski definition) is 2. The highest BCUT2D eigenvalue weighted by molar-refractivity contribution is 6.09. The largest absolute Gasteiger partial charge is 0.493 e. The monoisotopic (exact) mass is 450 g/mol. The second kappa shape index (κ2) is 12.2. The van der Waals surface area contributed by atoms with Crippen LogP contribution in [0, 0.1) is 6.92 Å². The molecule has 2 N–H and O–H groups in total. The number of methoxy groups -OCH3 is 1. The van der Waals surface area contributed by atoms with Crippen LogP contribution < -0.4 is 9.47 Å². The van der Waals surface area contributed by atoms with Gasteiger partial charge in [0, 0.05) is 31.1 Å². The predicted molar refractivity (Wildman–Crippen MR) is 126 cm³/mol. The fraction of sp³-hybridized carbons (Fsp3) is 0.296. The van der Waals surface area contributed by atoms with E-state index < -0.39 is 12.4 Å². The summed E-state index contributed by atoms with van der Waals surface area (Å²) in [4.78, 5) is 12.5. The van der Waals surface area contributed by atoms with Crippen molar-refractivity contribution in [1.82, 2.24) is 0 Å². The molecular formula is C27H30O6. The quantitative estimate of drug-likeness (QED) is 0.247. The van der Waals surface area contributed by atoms with E-state index in [-0.39, 0.29) is 5.78 Å². The standard InChI is InChI=1S/C27H30O6/c1-19-4-8-21(9-5-19)26(28)22-10-14-24(15-11-22)33-17-3-16-32-23-12-6-20(7-13-23)18-25(31-2)27(29)30/h4-15,25,27,29-30H,3,16-18H2,1-2H3/t25-/m0/s1. The molecule has 3 rings (SSSR count). The van der Waals surface area contributed by atoms with Gasteiger partial charge in [-0.1, -0.05) is 42.0 Å². The molecule has 0 saturated heterocycles. The van der Waals surface area contributed by atoms with Gasteiger partial charge in [-0.2, -0.15) is 0 Å². The predicted octanol–water partition coefficient (Wildman–Crippen LogP) is 3.94. The summed E-state index contributed by atoms with van der Waals surface area (Å²) in [5.74, 6) is 1.43. The van der Waals surface area contributed by atoms with Crippen LogP contribution >= 0.6 is 0 Å². The highest BCUT2D eigenvalue weighted by atomic mass is 16.5. The van der Waals surface area contributed by atoms with Gasteiger partial charge in [0.05, 0.1) is 13.2 Å². The van der Waals surface area contributed by atoms with E-state index in [4.69, 9.17) is 14.2 Å². The minimum absolute atomic E-state index is 0.00810. The second-order valence-corrected chi connectivity index (χ2v) is 7.81. The van der Waals surface area contributed by atoms with E-state index in [9.17, 15) is 15.0 Å². The molecule has 6 nitrogen and oxygen atoms in total. The first-order valence-electron chi connectivity index (χ1n) is 10.9. The van der Waals surface area contributed by atoms with Crippen LogP contribution in [0.25, 0.3) is 0 Å². The minimum atomic E-state index is -1.52. The molecule has 0 radical (unpaired) electrons. The number of aliphatic hydroxyl groups is 2. The van der Waals surface area contributed by atoms with Crippen molar-refractivity contribution in [3.05, 3.63) is 95.1 Å². The Kier molecular flexibility index (Phi) is 9.01. The van der Waals surface area contributed by atoms with Crippen LogP contribution in [0.15, 0.2) is 72.8 Å². The average Bonchev–Trinajstić information content (AvgIpc) is 2.83. The lowest BCUT2D eigenvalue weighted by Gasteiger charge is -2.17. The zero-order chi connectivity index (χ0) is 23.6. The number of hydrogen-bond acceptors (Lipinski definition) is 6. The third-order valence-electron chi connectivity index (χ3n) is 5.25. The van der Waals surface area contributed by atoms with Gasteiger partial charge in [-0.05, 0) is 48.9 Å². The summed E-state index contributed by atoms with van der Waals surface area (Å²) in [6.07, 6.45) is -1.08. The molecule has 1 atom stereocenters. The number of ether oxygens (including phenoxy) is 3. The minimum Gasteiger partial charge on any atom is -0.493 e. The third kappa shape index (κ3) is 7.43. The van der Waals surface area contributed by atoms with Gasteiger partial charge in [0.25, 0.3) is 0 Å². The molecule has 0 fully saturated rings. The van der Waals surface area contributed by atoms with Gasteiger partial charge >= 0.3 is 0 Å². The van der Waals surface area contributed by atoms with Gasteiger partial charge in [0.15, 0.2) is 12.1 Å². The van der Waals surface area contributed by atoms with E-state index in [1.54, 1.807) is 24.3 Å². The Balaban J connectivity index is 1.38. The zero-order valence-electron chi connectivity index (χ0n) is 18.9. The molecule has 0 spiro atoms. The second-order valence-electron chi connectivity index (χ2n) is 7.81. The third-order valence-corrected chi connectivity index (χ3v) is 5.25. The summed E-state index contributed by atoms with van der Waals surface area (Å²) < 4.78 is 16.5. The van der Waals surface area contributed by atoms with Crippen molar-refractivity contribution < 1.29 is 29.2 Å². The number of carbonyl (C=O) groups is 1. The van der Waals surface area contributed by atoms with Crippen LogP contribution in [0.1, 0.15) is 33.5 Å². The number of rotatable bonds is 12. The molecule has 0 aromatic heterocycles. The summed E-state index contributed by atoms with van der Waals surface area (Å²) in [5, 5.41) is 18.5. The molecule has 0 bridgehead atoms. The van der Waals surface area contributed by atoms with Gasteiger partial charge in [0.2, 0.25) is 0 Å². The Hall–Kier alpha value is -3.19. The summed E-state index contributed by atoms with van der Waals surface area (Å²) in [6.45, 7) is 2.98. The number of aryl methyl sites for hydroxylation is 1. The first kappa shape index (κ1) is 24.5. The van der Waals surface area contributed by atoms with Crippen LogP contribution in [-0.2, 0) is 11.2 Å². The van der Waals surface area contributed by atoms with Gasteiger partial charge in [0.1, 0.15) is 17.6 Å². The summed E-state index contributed by atoms with van der Waals surface area (Å²) >= 11 is 0. The Bertz CT molecular complexity index is 994. The average molecular weight is 451 g/mol. The molecule has 0 saturated carbocycles. The molecule has 3 aromatic rings. The lowest BCUT2D eigenvalue weighted by Crippen LogP contribution is -2.29. The van der Waals surface area contributed by atoms with E-state index in [2.05, 4.69) is 0 Å². The van der Waals surface area contributed by atoms with Crippen molar-refractivity contribution in [1.29, 1.82) is 0 Å². The number of ketones is 1. The Labute approximate surface area is 194 Å². The van der Waals surface area contributed by atoms with Crippen LogP contribution in [0.4, 0.5) is 0 Å². The summed E-state index contributed by atoms with van der Waals surface area (Å²) in [5.41, 5.74) is 3.34. The fourth-order valence-corrected chi connectivity index (χ4v) is 3.28. The van der Waals surface area contributed by atoms with Gasteiger partial charge in [-0.15, -0.1) is 0 Å². The molecule has 6 heteroatoms. The SMILES string of the molecule is CO[C@@H](Cc1ccc(OCCCOc2ccc(C(=O)c3ccc(C)cc3)cc2)cc1)C(O)O. The van der Waals surface area contributed by atoms with Crippen molar-refractivity contribution in [2.24, 2.45) is 0 Å². The number of benzene rings is 3. The van der Waals surface area contributed by atoms with Crippen LogP contribution in [0.3, 0.4) is 0 Å². The van der Waals surface area contributed by atoms with Crippen LogP contribution in [0.2, 0.25) is 0 Å². The van der Waals surface area contributed by atoms with E-state index in [1.165, 1.54) is 7.11 Å². The van der Waals surface area contributed by atoms with Crippen molar-refractivity contribution in [2.45, 2.75) is 32.2 Å².